The number of carbonyl (C=O) groups excluding carboxylic acids is 1. The molecule has 0 saturated carbocycles. The number of esters is 1. The number of ether oxygens (including phenoxy) is 1. The van der Waals surface area contributed by atoms with E-state index in [1.54, 1.807) is 0 Å². The maximum Gasteiger partial charge on any atom is 0.340 e. The Morgan fingerprint density at radius 1 is 1.19 bits per heavy atom. The lowest BCUT2D eigenvalue weighted by Crippen LogP contribution is -2.17. The van der Waals surface area contributed by atoms with E-state index in [1.165, 1.54) is 29.0 Å². The summed E-state index contributed by atoms with van der Waals surface area (Å²) in [5, 5.41) is 0.302. The fraction of sp³-hybridized carbons (Fsp3) is 0.550. The lowest BCUT2D eigenvalue weighted by molar-refractivity contribution is 0.0268. The van der Waals surface area contributed by atoms with Gasteiger partial charge in [0, 0.05) is 17.1 Å². The highest BCUT2D eigenvalue weighted by Crippen LogP contribution is 2.25. The molecule has 0 spiro atoms. The second kappa shape index (κ2) is 9.64. The smallest absolute Gasteiger partial charge is 0.340 e. The first-order valence-corrected chi connectivity index (χ1v) is 9.23. The lowest BCUT2D eigenvalue weighted by atomic mass is 10.1. The monoisotopic (exact) mass is 369 g/mol. The molecule has 0 radical (unpaired) electrons. The largest absolute Gasteiger partial charge is 0.459 e. The maximum absolute atomic E-state index is 13.6. The van der Waals surface area contributed by atoms with Crippen molar-refractivity contribution in [2.24, 2.45) is 0 Å². The van der Waals surface area contributed by atoms with E-state index in [-0.39, 0.29) is 11.7 Å². The number of fused-ring (bicyclic) bond motifs is 1. The summed E-state index contributed by atoms with van der Waals surface area (Å²) in [5.41, 5.74) is 0.529. The molecule has 0 saturated heterocycles. The Morgan fingerprint density at radius 2 is 1.96 bits per heavy atom. The highest BCUT2D eigenvalue weighted by molar-refractivity contribution is 6.04. The van der Waals surface area contributed by atoms with E-state index in [2.05, 4.69) is 6.92 Å². The van der Waals surface area contributed by atoms with Gasteiger partial charge >= 0.3 is 5.97 Å². The van der Waals surface area contributed by atoms with Crippen molar-refractivity contribution in [3.05, 3.63) is 35.8 Å². The summed E-state index contributed by atoms with van der Waals surface area (Å²) < 4.78 is 46.0. The van der Waals surface area contributed by atoms with Gasteiger partial charge < -0.3 is 9.30 Å². The van der Waals surface area contributed by atoms with Crippen LogP contribution in [0.15, 0.2) is 24.4 Å². The SMILES string of the molecule is CCCCCCC(CC)OC(=O)c1cn(CC(F)F)c2ccc(F)cc12. The van der Waals surface area contributed by atoms with Crippen LogP contribution >= 0.6 is 0 Å². The maximum atomic E-state index is 13.6. The summed E-state index contributed by atoms with van der Waals surface area (Å²) >= 11 is 0. The van der Waals surface area contributed by atoms with Gasteiger partial charge in [-0.15, -0.1) is 0 Å². The number of hydrogen-bond acceptors (Lipinski definition) is 2. The summed E-state index contributed by atoms with van der Waals surface area (Å²) in [6.45, 7) is 3.52. The van der Waals surface area contributed by atoms with E-state index in [0.717, 1.165) is 32.1 Å². The highest BCUT2D eigenvalue weighted by Gasteiger charge is 2.21. The van der Waals surface area contributed by atoms with Crippen molar-refractivity contribution in [1.82, 2.24) is 4.57 Å². The van der Waals surface area contributed by atoms with Crippen molar-refractivity contribution in [3.63, 3.8) is 0 Å². The second-order valence-corrected chi connectivity index (χ2v) is 6.53. The number of unbranched alkanes of at least 4 members (excludes halogenated alkanes) is 3. The van der Waals surface area contributed by atoms with Gasteiger partial charge in [-0.05, 0) is 37.5 Å². The van der Waals surface area contributed by atoms with Crippen LogP contribution in [0.5, 0.6) is 0 Å². The molecule has 3 nitrogen and oxygen atoms in total. The van der Waals surface area contributed by atoms with Gasteiger partial charge in [0.05, 0.1) is 12.1 Å². The topological polar surface area (TPSA) is 31.2 Å². The molecular weight excluding hydrogens is 343 g/mol. The molecule has 0 bridgehead atoms. The van der Waals surface area contributed by atoms with Crippen molar-refractivity contribution in [3.8, 4) is 0 Å². The van der Waals surface area contributed by atoms with Crippen LogP contribution in [0.2, 0.25) is 0 Å². The molecule has 0 aliphatic heterocycles. The molecule has 26 heavy (non-hydrogen) atoms. The van der Waals surface area contributed by atoms with E-state index in [4.69, 9.17) is 4.74 Å². The molecule has 0 aliphatic carbocycles. The zero-order valence-electron chi connectivity index (χ0n) is 15.3. The Hall–Kier alpha value is -1.98. The van der Waals surface area contributed by atoms with Gasteiger partial charge in [0.2, 0.25) is 0 Å². The number of alkyl halides is 2. The summed E-state index contributed by atoms with van der Waals surface area (Å²) in [6.07, 6.45) is 4.33. The van der Waals surface area contributed by atoms with Gasteiger partial charge in [-0.2, -0.15) is 0 Å². The summed E-state index contributed by atoms with van der Waals surface area (Å²) in [6, 6.07) is 3.80. The Bertz CT molecular complexity index is 727. The third-order valence-electron chi connectivity index (χ3n) is 4.51. The summed E-state index contributed by atoms with van der Waals surface area (Å²) in [4.78, 5) is 12.6. The average Bonchev–Trinajstić information content (AvgIpc) is 2.94. The van der Waals surface area contributed by atoms with E-state index in [9.17, 15) is 18.0 Å². The van der Waals surface area contributed by atoms with Crippen LogP contribution in [0.1, 0.15) is 62.7 Å². The molecule has 1 atom stereocenters. The molecule has 0 N–H and O–H groups in total. The van der Waals surface area contributed by atoms with Crippen LogP contribution in [-0.2, 0) is 11.3 Å². The minimum atomic E-state index is -2.57. The first-order chi connectivity index (χ1) is 12.5. The van der Waals surface area contributed by atoms with E-state index >= 15 is 0 Å². The molecule has 0 amide bonds. The summed E-state index contributed by atoms with van der Waals surface area (Å²) in [7, 11) is 0. The van der Waals surface area contributed by atoms with E-state index in [1.807, 2.05) is 6.92 Å². The first-order valence-electron chi connectivity index (χ1n) is 9.23. The second-order valence-electron chi connectivity index (χ2n) is 6.53. The van der Waals surface area contributed by atoms with Crippen LogP contribution in [-0.4, -0.2) is 23.1 Å². The molecule has 0 aliphatic rings. The van der Waals surface area contributed by atoms with Crippen LogP contribution in [0.4, 0.5) is 13.2 Å². The van der Waals surface area contributed by atoms with Crippen LogP contribution in [0.25, 0.3) is 10.9 Å². The molecule has 0 fully saturated rings. The number of carbonyl (C=O) groups is 1. The normalized spacial score (nSPS) is 12.7. The Balaban J connectivity index is 2.19. The van der Waals surface area contributed by atoms with E-state index in [0.29, 0.717) is 17.3 Å². The number of nitrogens with zero attached hydrogens (tertiary/aromatic N) is 1. The van der Waals surface area contributed by atoms with Gasteiger partial charge in [0.25, 0.3) is 6.43 Å². The molecule has 1 aromatic heterocycles. The van der Waals surface area contributed by atoms with Gasteiger partial charge in [0.15, 0.2) is 0 Å². The molecule has 2 aromatic rings. The quantitative estimate of drug-likeness (QED) is 0.383. The highest BCUT2D eigenvalue weighted by atomic mass is 19.3. The molecule has 1 unspecified atom stereocenters. The molecule has 1 aromatic carbocycles. The number of benzene rings is 1. The van der Waals surface area contributed by atoms with Crippen molar-refractivity contribution in [2.75, 3.05) is 0 Å². The van der Waals surface area contributed by atoms with Gasteiger partial charge in [-0.25, -0.2) is 18.0 Å². The van der Waals surface area contributed by atoms with Gasteiger partial charge in [0.1, 0.15) is 11.9 Å². The fourth-order valence-electron chi connectivity index (χ4n) is 3.09. The zero-order chi connectivity index (χ0) is 19.1. The molecule has 144 valence electrons. The third-order valence-corrected chi connectivity index (χ3v) is 4.51. The van der Waals surface area contributed by atoms with Crippen LogP contribution in [0.3, 0.4) is 0 Å². The number of rotatable bonds is 10. The minimum Gasteiger partial charge on any atom is -0.459 e. The summed E-state index contributed by atoms with van der Waals surface area (Å²) in [5.74, 6) is -1.11. The molecule has 1 heterocycles. The van der Waals surface area contributed by atoms with Gasteiger partial charge in [-0.3, -0.25) is 0 Å². The van der Waals surface area contributed by atoms with Crippen LogP contribution in [0, 0.1) is 5.82 Å². The number of aromatic nitrogens is 1. The predicted molar refractivity (Wildman–Crippen MR) is 96.2 cm³/mol. The Morgan fingerprint density at radius 3 is 2.62 bits per heavy atom. The predicted octanol–water partition coefficient (Wildman–Crippen LogP) is 5.95. The number of halogens is 3. The van der Waals surface area contributed by atoms with Crippen LogP contribution < -0.4 is 0 Å². The van der Waals surface area contributed by atoms with Crippen molar-refractivity contribution in [1.29, 1.82) is 0 Å². The lowest BCUT2D eigenvalue weighted by Gasteiger charge is -2.15. The molecule has 2 rings (SSSR count). The van der Waals surface area contributed by atoms with Crippen molar-refractivity contribution >= 4 is 16.9 Å². The van der Waals surface area contributed by atoms with E-state index < -0.39 is 24.8 Å². The third kappa shape index (κ3) is 5.26. The Labute approximate surface area is 152 Å². The molecule has 6 heteroatoms. The zero-order valence-corrected chi connectivity index (χ0v) is 15.3. The Kier molecular flexibility index (Phi) is 7.54. The standard InChI is InChI=1S/C20H26F3NO2/c1-3-5-6-7-8-15(4-2)26-20(25)17-12-24(13-19(22)23)18-10-9-14(21)11-16(17)18/h9-12,15,19H,3-8,13H2,1-2H3. The average molecular weight is 369 g/mol. The van der Waals surface area contributed by atoms with Crippen molar-refractivity contribution in [2.45, 2.75) is 71.4 Å². The molecular formula is C20H26F3NO2. The fourth-order valence-corrected chi connectivity index (χ4v) is 3.09. The van der Waals surface area contributed by atoms with Gasteiger partial charge in [-0.1, -0.05) is 33.1 Å². The number of hydrogen-bond donors (Lipinski definition) is 0. The van der Waals surface area contributed by atoms with Crippen molar-refractivity contribution < 1.29 is 22.7 Å². The first kappa shape index (κ1) is 20.3. The minimum absolute atomic E-state index is 0.132.